The minimum atomic E-state index is 0.0182. The average Bonchev–Trinajstić information content (AvgIpc) is 2.32. The fourth-order valence-electron chi connectivity index (χ4n) is 1.39. The van der Waals surface area contributed by atoms with Gasteiger partial charge in [-0.3, -0.25) is 4.79 Å². The Kier molecular flexibility index (Phi) is 6.00. The van der Waals surface area contributed by atoms with Crippen LogP contribution in [0.25, 0.3) is 0 Å². The van der Waals surface area contributed by atoms with E-state index in [4.69, 9.17) is 4.74 Å². The summed E-state index contributed by atoms with van der Waals surface area (Å²) in [5.41, 5.74) is 0.750. The van der Waals surface area contributed by atoms with Crippen molar-refractivity contribution in [1.82, 2.24) is 5.32 Å². The summed E-state index contributed by atoms with van der Waals surface area (Å²) in [7, 11) is 3.47. The van der Waals surface area contributed by atoms with Gasteiger partial charge in [-0.2, -0.15) is 0 Å². The fourth-order valence-corrected chi connectivity index (χ4v) is 1.80. The van der Waals surface area contributed by atoms with Crippen LogP contribution in [0.5, 0.6) is 5.75 Å². The molecule has 0 fully saturated rings. The lowest BCUT2D eigenvalue weighted by molar-refractivity contribution is -0.116. The van der Waals surface area contributed by atoms with Crippen LogP contribution in [-0.2, 0) is 4.79 Å². The van der Waals surface area contributed by atoms with Gasteiger partial charge in [0.2, 0.25) is 5.91 Å². The molecule has 0 atom stereocenters. The highest BCUT2D eigenvalue weighted by molar-refractivity contribution is 9.10. The molecule has 0 spiro atoms. The SMILES string of the molecule is CNCCCC(=O)Nc1ccc(Br)c(OC)c1. The first-order valence-electron chi connectivity index (χ1n) is 5.45. The number of carbonyl (C=O) groups is 1. The number of halogens is 1. The maximum Gasteiger partial charge on any atom is 0.224 e. The molecule has 4 nitrogen and oxygen atoms in total. The maximum atomic E-state index is 11.6. The van der Waals surface area contributed by atoms with Crippen LogP contribution in [0, 0.1) is 0 Å². The Morgan fingerprint density at radius 1 is 1.47 bits per heavy atom. The third-order valence-corrected chi connectivity index (χ3v) is 2.92. The second-order valence-electron chi connectivity index (χ2n) is 3.60. The normalized spacial score (nSPS) is 10.1. The maximum absolute atomic E-state index is 11.6. The number of anilines is 1. The Hall–Kier alpha value is -1.07. The molecule has 0 bridgehead atoms. The number of amides is 1. The summed E-state index contributed by atoms with van der Waals surface area (Å²) >= 11 is 3.36. The number of ether oxygens (including phenoxy) is 1. The lowest BCUT2D eigenvalue weighted by atomic mass is 10.2. The minimum absolute atomic E-state index is 0.0182. The van der Waals surface area contributed by atoms with Crippen LogP contribution < -0.4 is 15.4 Å². The fraction of sp³-hybridized carbons (Fsp3) is 0.417. The van der Waals surface area contributed by atoms with E-state index >= 15 is 0 Å². The Labute approximate surface area is 110 Å². The molecule has 94 valence electrons. The number of benzene rings is 1. The van der Waals surface area contributed by atoms with Crippen LogP contribution in [0.3, 0.4) is 0 Å². The molecular weight excluding hydrogens is 284 g/mol. The molecule has 0 aliphatic rings. The first-order valence-corrected chi connectivity index (χ1v) is 6.24. The third kappa shape index (κ3) is 4.75. The van der Waals surface area contributed by atoms with Crippen molar-refractivity contribution in [3.63, 3.8) is 0 Å². The molecule has 5 heteroatoms. The van der Waals surface area contributed by atoms with Gasteiger partial charge in [-0.25, -0.2) is 0 Å². The zero-order valence-electron chi connectivity index (χ0n) is 10.0. The van der Waals surface area contributed by atoms with Crippen LogP contribution in [0.15, 0.2) is 22.7 Å². The van der Waals surface area contributed by atoms with Crippen LogP contribution in [0.2, 0.25) is 0 Å². The molecule has 0 heterocycles. The van der Waals surface area contributed by atoms with Gasteiger partial charge in [0, 0.05) is 18.2 Å². The second-order valence-corrected chi connectivity index (χ2v) is 4.46. The van der Waals surface area contributed by atoms with Gasteiger partial charge in [0.25, 0.3) is 0 Å². The second kappa shape index (κ2) is 7.29. The summed E-state index contributed by atoms with van der Waals surface area (Å²) < 4.78 is 6.03. The largest absolute Gasteiger partial charge is 0.495 e. The summed E-state index contributed by atoms with van der Waals surface area (Å²) in [5, 5.41) is 5.84. The summed E-state index contributed by atoms with van der Waals surface area (Å²) in [6, 6.07) is 5.48. The van der Waals surface area contributed by atoms with Crippen molar-refractivity contribution in [2.75, 3.05) is 26.0 Å². The summed E-state index contributed by atoms with van der Waals surface area (Å²) in [6.45, 7) is 0.844. The number of hydrogen-bond acceptors (Lipinski definition) is 3. The zero-order valence-corrected chi connectivity index (χ0v) is 11.6. The molecule has 0 saturated heterocycles. The monoisotopic (exact) mass is 300 g/mol. The number of rotatable bonds is 6. The third-order valence-electron chi connectivity index (χ3n) is 2.27. The molecule has 0 aliphatic carbocycles. The standard InChI is InChI=1S/C12H17BrN2O2/c1-14-7-3-4-12(16)15-9-5-6-10(13)11(8-9)17-2/h5-6,8,14H,3-4,7H2,1-2H3,(H,15,16). The molecule has 1 aromatic carbocycles. The Morgan fingerprint density at radius 2 is 2.24 bits per heavy atom. The molecule has 0 unspecified atom stereocenters. The molecule has 1 aromatic rings. The Morgan fingerprint density at radius 3 is 2.88 bits per heavy atom. The van der Waals surface area contributed by atoms with E-state index in [9.17, 15) is 4.79 Å². The van der Waals surface area contributed by atoms with Gasteiger partial charge in [-0.1, -0.05) is 0 Å². The average molecular weight is 301 g/mol. The van der Waals surface area contributed by atoms with E-state index in [1.807, 2.05) is 19.2 Å². The van der Waals surface area contributed by atoms with Crippen molar-refractivity contribution in [1.29, 1.82) is 0 Å². The topological polar surface area (TPSA) is 50.4 Å². The summed E-state index contributed by atoms with van der Waals surface area (Å²) in [6.07, 6.45) is 1.34. The van der Waals surface area contributed by atoms with Gasteiger partial charge in [0.05, 0.1) is 11.6 Å². The molecular formula is C12H17BrN2O2. The van der Waals surface area contributed by atoms with Gasteiger partial charge in [-0.15, -0.1) is 0 Å². The van der Waals surface area contributed by atoms with E-state index in [1.165, 1.54) is 0 Å². The quantitative estimate of drug-likeness (QED) is 0.793. The van der Waals surface area contributed by atoms with E-state index < -0.39 is 0 Å². The highest BCUT2D eigenvalue weighted by Gasteiger charge is 2.05. The van der Waals surface area contributed by atoms with E-state index in [2.05, 4.69) is 26.6 Å². The number of methoxy groups -OCH3 is 1. The van der Waals surface area contributed by atoms with Crippen molar-refractivity contribution in [3.05, 3.63) is 22.7 Å². The minimum Gasteiger partial charge on any atom is -0.495 e. The highest BCUT2D eigenvalue weighted by atomic mass is 79.9. The summed E-state index contributed by atoms with van der Waals surface area (Å²) in [4.78, 5) is 11.6. The van der Waals surface area contributed by atoms with Crippen molar-refractivity contribution in [2.45, 2.75) is 12.8 Å². The smallest absolute Gasteiger partial charge is 0.224 e. The predicted octanol–water partition coefficient (Wildman–Crippen LogP) is 2.40. The van der Waals surface area contributed by atoms with Crippen molar-refractivity contribution in [2.24, 2.45) is 0 Å². The van der Waals surface area contributed by atoms with Gasteiger partial charge >= 0.3 is 0 Å². The van der Waals surface area contributed by atoms with E-state index in [0.717, 1.165) is 23.1 Å². The molecule has 1 rings (SSSR count). The Balaban J connectivity index is 2.53. The Bertz CT molecular complexity index is 383. The van der Waals surface area contributed by atoms with Crippen molar-refractivity contribution >= 4 is 27.5 Å². The number of hydrogen-bond donors (Lipinski definition) is 2. The highest BCUT2D eigenvalue weighted by Crippen LogP contribution is 2.27. The molecule has 0 aliphatic heterocycles. The first-order chi connectivity index (χ1) is 8.17. The first kappa shape index (κ1) is 14.0. The van der Waals surface area contributed by atoms with Crippen LogP contribution in [0.4, 0.5) is 5.69 Å². The van der Waals surface area contributed by atoms with Crippen molar-refractivity contribution in [3.8, 4) is 5.75 Å². The molecule has 2 N–H and O–H groups in total. The molecule has 0 aromatic heterocycles. The van der Waals surface area contributed by atoms with E-state index in [-0.39, 0.29) is 5.91 Å². The summed E-state index contributed by atoms with van der Waals surface area (Å²) in [5.74, 6) is 0.725. The van der Waals surface area contributed by atoms with Gasteiger partial charge in [-0.05, 0) is 48.1 Å². The molecule has 17 heavy (non-hydrogen) atoms. The lowest BCUT2D eigenvalue weighted by Crippen LogP contribution is -2.15. The lowest BCUT2D eigenvalue weighted by Gasteiger charge is -2.08. The molecule has 1 amide bonds. The van der Waals surface area contributed by atoms with Crippen LogP contribution >= 0.6 is 15.9 Å². The van der Waals surface area contributed by atoms with Crippen LogP contribution in [-0.4, -0.2) is 26.6 Å². The zero-order chi connectivity index (χ0) is 12.7. The molecule has 0 saturated carbocycles. The van der Waals surface area contributed by atoms with Crippen LogP contribution in [0.1, 0.15) is 12.8 Å². The van der Waals surface area contributed by atoms with Gasteiger partial charge < -0.3 is 15.4 Å². The van der Waals surface area contributed by atoms with Gasteiger partial charge in [0.15, 0.2) is 0 Å². The van der Waals surface area contributed by atoms with E-state index in [0.29, 0.717) is 12.2 Å². The van der Waals surface area contributed by atoms with Crippen molar-refractivity contribution < 1.29 is 9.53 Å². The predicted molar refractivity (Wildman–Crippen MR) is 72.5 cm³/mol. The van der Waals surface area contributed by atoms with Gasteiger partial charge in [0.1, 0.15) is 5.75 Å². The van der Waals surface area contributed by atoms with E-state index in [1.54, 1.807) is 13.2 Å². The molecule has 0 radical (unpaired) electrons. The number of carbonyl (C=O) groups excluding carboxylic acids is 1. The number of nitrogens with one attached hydrogen (secondary N) is 2.